The Labute approximate surface area is 126 Å². The molecule has 0 atom stereocenters. The summed E-state index contributed by atoms with van der Waals surface area (Å²) in [6.45, 7) is 1.83. The van der Waals surface area contributed by atoms with E-state index < -0.39 is 6.03 Å². The second kappa shape index (κ2) is 6.03. The number of carbonyl (C=O) groups is 1. The zero-order chi connectivity index (χ0) is 14.7. The van der Waals surface area contributed by atoms with E-state index in [1.54, 1.807) is 36.4 Å². The van der Waals surface area contributed by atoms with Crippen LogP contribution in [0.4, 0.5) is 21.9 Å². The third kappa shape index (κ3) is 3.35. The molecule has 0 aliphatic rings. The lowest BCUT2D eigenvalue weighted by molar-refractivity contribution is 0.262. The van der Waals surface area contributed by atoms with Crippen molar-refractivity contribution in [3.63, 3.8) is 0 Å². The zero-order valence-corrected chi connectivity index (χ0v) is 12.2. The average Bonchev–Trinajstić information content (AvgIpc) is 2.39. The van der Waals surface area contributed by atoms with Crippen LogP contribution in [0.15, 0.2) is 36.4 Å². The third-order valence-corrected chi connectivity index (χ3v) is 3.47. The first kappa shape index (κ1) is 14.5. The molecule has 0 saturated heterocycles. The van der Waals surface area contributed by atoms with E-state index in [0.29, 0.717) is 27.1 Å². The van der Waals surface area contributed by atoms with Gasteiger partial charge in [-0.1, -0.05) is 35.3 Å². The standard InChI is InChI=1S/C14H13Cl2N3O/c1-8-5-6-11(15)13(12(8)16)19-14(20)18-10-4-2-3-9(17)7-10/h2-7H,17H2,1H3,(H2,18,19,20). The molecule has 2 aromatic carbocycles. The van der Waals surface area contributed by atoms with Gasteiger partial charge in [-0.15, -0.1) is 0 Å². The first-order valence-electron chi connectivity index (χ1n) is 5.85. The molecule has 0 radical (unpaired) electrons. The van der Waals surface area contributed by atoms with E-state index in [1.165, 1.54) is 0 Å². The van der Waals surface area contributed by atoms with Gasteiger partial charge in [0, 0.05) is 11.4 Å². The number of aryl methyl sites for hydroxylation is 1. The number of rotatable bonds is 2. The predicted octanol–water partition coefficient (Wildman–Crippen LogP) is 4.53. The number of carbonyl (C=O) groups excluding carboxylic acids is 1. The number of amides is 2. The molecule has 0 bridgehead atoms. The number of anilines is 3. The van der Waals surface area contributed by atoms with E-state index in [0.717, 1.165) is 5.56 Å². The van der Waals surface area contributed by atoms with Gasteiger partial charge in [-0.05, 0) is 36.8 Å². The summed E-state index contributed by atoms with van der Waals surface area (Å²) in [4.78, 5) is 11.9. The highest BCUT2D eigenvalue weighted by molar-refractivity contribution is 6.40. The smallest absolute Gasteiger partial charge is 0.323 e. The number of halogens is 2. The summed E-state index contributed by atoms with van der Waals surface area (Å²) in [5.74, 6) is 0. The van der Waals surface area contributed by atoms with Crippen LogP contribution in [0.3, 0.4) is 0 Å². The molecule has 2 amide bonds. The molecule has 0 saturated carbocycles. The fourth-order valence-electron chi connectivity index (χ4n) is 1.66. The Morgan fingerprint density at radius 2 is 1.90 bits per heavy atom. The van der Waals surface area contributed by atoms with Crippen molar-refractivity contribution in [1.82, 2.24) is 0 Å². The van der Waals surface area contributed by atoms with Gasteiger partial charge >= 0.3 is 6.03 Å². The van der Waals surface area contributed by atoms with Crippen LogP contribution in [0.25, 0.3) is 0 Å². The van der Waals surface area contributed by atoms with Crippen LogP contribution < -0.4 is 16.4 Å². The molecular formula is C14H13Cl2N3O. The molecule has 4 N–H and O–H groups in total. The van der Waals surface area contributed by atoms with E-state index in [4.69, 9.17) is 28.9 Å². The highest BCUT2D eigenvalue weighted by Crippen LogP contribution is 2.32. The van der Waals surface area contributed by atoms with Crippen LogP contribution in [0.5, 0.6) is 0 Å². The SMILES string of the molecule is Cc1ccc(Cl)c(NC(=O)Nc2cccc(N)c2)c1Cl. The van der Waals surface area contributed by atoms with Gasteiger partial charge in [-0.25, -0.2) is 4.79 Å². The van der Waals surface area contributed by atoms with E-state index in [-0.39, 0.29) is 0 Å². The number of nitrogens with two attached hydrogens (primary N) is 1. The second-order valence-corrected chi connectivity index (χ2v) is 5.04. The minimum absolute atomic E-state index is 0.378. The first-order chi connectivity index (χ1) is 9.47. The Morgan fingerprint density at radius 1 is 1.15 bits per heavy atom. The summed E-state index contributed by atoms with van der Waals surface area (Å²) in [6, 6.07) is 9.89. The summed E-state index contributed by atoms with van der Waals surface area (Å²) < 4.78 is 0. The first-order valence-corrected chi connectivity index (χ1v) is 6.61. The normalized spacial score (nSPS) is 10.2. The van der Waals surface area contributed by atoms with Gasteiger partial charge in [-0.2, -0.15) is 0 Å². The topological polar surface area (TPSA) is 67.2 Å². The molecule has 0 aliphatic carbocycles. The minimum Gasteiger partial charge on any atom is -0.399 e. The number of hydrogen-bond acceptors (Lipinski definition) is 2. The van der Waals surface area contributed by atoms with Crippen LogP contribution in [-0.4, -0.2) is 6.03 Å². The van der Waals surface area contributed by atoms with Gasteiger partial charge in [0.05, 0.1) is 15.7 Å². The predicted molar refractivity (Wildman–Crippen MR) is 84.7 cm³/mol. The van der Waals surface area contributed by atoms with Crippen molar-refractivity contribution in [1.29, 1.82) is 0 Å². The molecule has 0 unspecified atom stereocenters. The minimum atomic E-state index is -0.440. The molecule has 2 aromatic rings. The van der Waals surface area contributed by atoms with Gasteiger partial charge in [0.1, 0.15) is 0 Å². The molecule has 4 nitrogen and oxygen atoms in total. The second-order valence-electron chi connectivity index (χ2n) is 4.26. The van der Waals surface area contributed by atoms with E-state index in [2.05, 4.69) is 10.6 Å². The number of urea groups is 1. The monoisotopic (exact) mass is 309 g/mol. The number of hydrogen-bond donors (Lipinski definition) is 3. The van der Waals surface area contributed by atoms with Gasteiger partial charge in [-0.3, -0.25) is 0 Å². The number of nitrogens with one attached hydrogen (secondary N) is 2. The van der Waals surface area contributed by atoms with E-state index in [1.807, 2.05) is 6.92 Å². The van der Waals surface area contributed by atoms with Crippen molar-refractivity contribution in [2.75, 3.05) is 16.4 Å². The summed E-state index contributed by atoms with van der Waals surface area (Å²) in [5, 5.41) is 6.09. The Hall–Kier alpha value is -1.91. The van der Waals surface area contributed by atoms with Gasteiger partial charge in [0.25, 0.3) is 0 Å². The highest BCUT2D eigenvalue weighted by Gasteiger charge is 2.11. The lowest BCUT2D eigenvalue weighted by atomic mass is 10.2. The van der Waals surface area contributed by atoms with Crippen LogP contribution in [0, 0.1) is 6.92 Å². The van der Waals surface area contributed by atoms with Crippen molar-refractivity contribution in [2.45, 2.75) is 6.92 Å². The van der Waals surface area contributed by atoms with E-state index in [9.17, 15) is 4.79 Å². The maximum Gasteiger partial charge on any atom is 0.323 e. The van der Waals surface area contributed by atoms with Crippen LogP contribution in [-0.2, 0) is 0 Å². The van der Waals surface area contributed by atoms with Crippen LogP contribution in [0.1, 0.15) is 5.56 Å². The molecule has 0 heterocycles. The van der Waals surface area contributed by atoms with Crippen LogP contribution in [0.2, 0.25) is 10.0 Å². The van der Waals surface area contributed by atoms with Crippen molar-refractivity contribution in [3.8, 4) is 0 Å². The maximum atomic E-state index is 11.9. The molecule has 0 aromatic heterocycles. The quantitative estimate of drug-likeness (QED) is 0.713. The lowest BCUT2D eigenvalue weighted by Gasteiger charge is -2.12. The fraction of sp³-hybridized carbons (Fsp3) is 0.0714. The summed E-state index contributed by atoms with van der Waals surface area (Å²) in [7, 11) is 0. The molecule has 104 valence electrons. The maximum absolute atomic E-state index is 11.9. The van der Waals surface area contributed by atoms with Crippen molar-refractivity contribution >= 4 is 46.3 Å². The van der Waals surface area contributed by atoms with Gasteiger partial charge < -0.3 is 16.4 Å². The Bertz CT molecular complexity index is 659. The van der Waals surface area contributed by atoms with Crippen molar-refractivity contribution in [3.05, 3.63) is 52.0 Å². The number of benzene rings is 2. The van der Waals surface area contributed by atoms with Gasteiger partial charge in [0.15, 0.2) is 0 Å². The Morgan fingerprint density at radius 3 is 2.60 bits per heavy atom. The van der Waals surface area contributed by atoms with Crippen molar-refractivity contribution < 1.29 is 4.79 Å². The lowest BCUT2D eigenvalue weighted by Crippen LogP contribution is -2.20. The van der Waals surface area contributed by atoms with Crippen molar-refractivity contribution in [2.24, 2.45) is 0 Å². The largest absolute Gasteiger partial charge is 0.399 e. The zero-order valence-electron chi connectivity index (χ0n) is 10.7. The summed E-state index contributed by atoms with van der Waals surface area (Å²) in [5.41, 5.74) is 8.00. The Balaban J connectivity index is 2.15. The molecule has 20 heavy (non-hydrogen) atoms. The highest BCUT2D eigenvalue weighted by atomic mass is 35.5. The molecule has 0 spiro atoms. The molecular weight excluding hydrogens is 297 g/mol. The molecule has 0 fully saturated rings. The number of nitrogen functional groups attached to an aromatic ring is 1. The van der Waals surface area contributed by atoms with Gasteiger partial charge in [0.2, 0.25) is 0 Å². The van der Waals surface area contributed by atoms with E-state index >= 15 is 0 Å². The van der Waals surface area contributed by atoms with Crippen LogP contribution >= 0.6 is 23.2 Å². The summed E-state index contributed by atoms with van der Waals surface area (Å²) in [6.07, 6.45) is 0. The molecule has 2 rings (SSSR count). The third-order valence-electron chi connectivity index (χ3n) is 2.67. The molecule has 0 aliphatic heterocycles. The average molecular weight is 310 g/mol. The molecule has 6 heteroatoms. The fourth-order valence-corrected chi connectivity index (χ4v) is 2.13. The Kier molecular flexibility index (Phi) is 4.37. The summed E-state index contributed by atoms with van der Waals surface area (Å²) >= 11 is 12.2.